The van der Waals surface area contributed by atoms with Crippen molar-refractivity contribution in [3.05, 3.63) is 0 Å². The quantitative estimate of drug-likeness (QED) is 0.682. The van der Waals surface area contributed by atoms with Crippen molar-refractivity contribution in [1.82, 2.24) is 0 Å². The van der Waals surface area contributed by atoms with Crippen LogP contribution in [0.5, 0.6) is 0 Å². The Labute approximate surface area is 88.0 Å². The predicted octanol–water partition coefficient (Wildman–Crippen LogP) is 2.91. The van der Waals surface area contributed by atoms with E-state index in [1.165, 1.54) is 0 Å². The monoisotopic (exact) mass is 200 g/mol. The normalized spacial score (nSPS) is 14.5. The molecule has 14 heavy (non-hydrogen) atoms. The molecule has 0 saturated carbocycles. The number of ether oxygens (including phenoxy) is 1. The molecule has 0 N–H and O–H groups in total. The van der Waals surface area contributed by atoms with Gasteiger partial charge in [0.1, 0.15) is 5.78 Å². The molecule has 0 aliphatic rings. The largest absolute Gasteiger partial charge is 0.381 e. The maximum atomic E-state index is 11.9. The molecular formula is C12H24O2. The van der Waals surface area contributed by atoms with Crippen LogP contribution in [0.1, 0.15) is 41.5 Å². The molecule has 0 saturated heterocycles. The van der Waals surface area contributed by atoms with Crippen LogP contribution >= 0.6 is 0 Å². The highest BCUT2D eigenvalue weighted by Crippen LogP contribution is 2.29. The van der Waals surface area contributed by atoms with Crippen molar-refractivity contribution in [2.24, 2.45) is 17.3 Å². The second-order valence-corrected chi connectivity index (χ2v) is 5.14. The first kappa shape index (κ1) is 13.6. The van der Waals surface area contributed by atoms with Crippen molar-refractivity contribution in [3.63, 3.8) is 0 Å². The number of hydrogen-bond acceptors (Lipinski definition) is 2. The van der Waals surface area contributed by atoms with Crippen LogP contribution in [0.3, 0.4) is 0 Å². The van der Waals surface area contributed by atoms with Gasteiger partial charge in [0, 0.05) is 18.4 Å². The van der Waals surface area contributed by atoms with Gasteiger partial charge in [-0.05, 0) is 12.3 Å². The van der Waals surface area contributed by atoms with Gasteiger partial charge in [-0.3, -0.25) is 4.79 Å². The topological polar surface area (TPSA) is 26.3 Å². The van der Waals surface area contributed by atoms with Gasteiger partial charge < -0.3 is 4.74 Å². The summed E-state index contributed by atoms with van der Waals surface area (Å²) < 4.78 is 5.37. The van der Waals surface area contributed by atoms with Crippen molar-refractivity contribution >= 4 is 5.78 Å². The first-order chi connectivity index (χ1) is 6.30. The lowest BCUT2D eigenvalue weighted by atomic mass is 9.76. The summed E-state index contributed by atoms with van der Waals surface area (Å²) in [6, 6.07) is 0. The van der Waals surface area contributed by atoms with Gasteiger partial charge in [0.2, 0.25) is 0 Å². The molecule has 0 radical (unpaired) electrons. The minimum Gasteiger partial charge on any atom is -0.381 e. The van der Waals surface area contributed by atoms with E-state index in [2.05, 4.69) is 20.8 Å². The molecular weight excluding hydrogens is 176 g/mol. The van der Waals surface area contributed by atoms with Gasteiger partial charge in [-0.15, -0.1) is 0 Å². The van der Waals surface area contributed by atoms with E-state index < -0.39 is 0 Å². The highest BCUT2D eigenvalue weighted by molar-refractivity contribution is 5.83. The third kappa shape index (κ3) is 4.23. The first-order valence-electron chi connectivity index (χ1n) is 5.42. The van der Waals surface area contributed by atoms with Gasteiger partial charge in [0.25, 0.3) is 0 Å². The first-order valence-corrected chi connectivity index (χ1v) is 5.42. The SMILES string of the molecule is CCOCC(C(=O)C(C)C)C(C)(C)C. The van der Waals surface area contributed by atoms with Crippen LogP contribution in [-0.4, -0.2) is 19.0 Å². The Morgan fingerprint density at radius 3 is 2.07 bits per heavy atom. The van der Waals surface area contributed by atoms with Gasteiger partial charge >= 0.3 is 0 Å². The lowest BCUT2D eigenvalue weighted by Crippen LogP contribution is -2.35. The lowest BCUT2D eigenvalue weighted by Gasteiger charge is -2.30. The van der Waals surface area contributed by atoms with E-state index in [1.54, 1.807) is 0 Å². The lowest BCUT2D eigenvalue weighted by molar-refractivity contribution is -0.131. The van der Waals surface area contributed by atoms with Crippen LogP contribution in [0, 0.1) is 17.3 Å². The summed E-state index contributed by atoms with van der Waals surface area (Å²) in [4.78, 5) is 11.9. The fourth-order valence-electron chi connectivity index (χ4n) is 1.40. The van der Waals surface area contributed by atoms with Crippen molar-refractivity contribution in [2.75, 3.05) is 13.2 Å². The van der Waals surface area contributed by atoms with Crippen molar-refractivity contribution < 1.29 is 9.53 Å². The molecule has 0 aliphatic heterocycles. The molecule has 0 amide bonds. The molecule has 1 unspecified atom stereocenters. The zero-order chi connectivity index (χ0) is 11.4. The molecule has 84 valence electrons. The van der Waals surface area contributed by atoms with Crippen LogP contribution in [0.25, 0.3) is 0 Å². The van der Waals surface area contributed by atoms with Crippen molar-refractivity contribution in [3.8, 4) is 0 Å². The van der Waals surface area contributed by atoms with Crippen LogP contribution in [0.2, 0.25) is 0 Å². The molecule has 0 aliphatic carbocycles. The molecule has 0 fully saturated rings. The Hall–Kier alpha value is -0.370. The summed E-state index contributed by atoms with van der Waals surface area (Å²) in [5.74, 6) is 0.424. The van der Waals surface area contributed by atoms with Crippen molar-refractivity contribution in [1.29, 1.82) is 0 Å². The Bertz CT molecular complexity index is 177. The van der Waals surface area contributed by atoms with Crippen LogP contribution in [-0.2, 0) is 9.53 Å². The number of Topliss-reactive ketones (excluding diaryl/α,β-unsaturated/α-hetero) is 1. The Kier molecular flexibility index (Phi) is 5.35. The third-order valence-corrected chi connectivity index (χ3v) is 2.45. The zero-order valence-corrected chi connectivity index (χ0v) is 10.4. The van der Waals surface area contributed by atoms with E-state index in [1.807, 2.05) is 20.8 Å². The van der Waals surface area contributed by atoms with Crippen LogP contribution in [0.4, 0.5) is 0 Å². The number of carbonyl (C=O) groups excluding carboxylic acids is 1. The van der Waals surface area contributed by atoms with Gasteiger partial charge in [-0.2, -0.15) is 0 Å². The highest BCUT2D eigenvalue weighted by atomic mass is 16.5. The minimum atomic E-state index is -0.00345. The Morgan fingerprint density at radius 1 is 1.29 bits per heavy atom. The standard InChI is InChI=1S/C12H24O2/c1-7-14-8-10(12(4,5)6)11(13)9(2)3/h9-10H,7-8H2,1-6H3. The third-order valence-electron chi connectivity index (χ3n) is 2.45. The summed E-state index contributed by atoms with van der Waals surface area (Å²) in [5.41, 5.74) is -0.00345. The summed E-state index contributed by atoms with van der Waals surface area (Å²) in [5, 5.41) is 0. The van der Waals surface area contributed by atoms with Crippen molar-refractivity contribution in [2.45, 2.75) is 41.5 Å². The number of ketones is 1. The molecule has 0 aromatic rings. The van der Waals surface area contributed by atoms with E-state index in [4.69, 9.17) is 4.74 Å². The molecule has 0 aromatic carbocycles. The summed E-state index contributed by atoms with van der Waals surface area (Å²) >= 11 is 0. The van der Waals surface area contributed by atoms with Crippen LogP contribution < -0.4 is 0 Å². The van der Waals surface area contributed by atoms with E-state index in [9.17, 15) is 4.79 Å². The molecule has 0 rings (SSSR count). The predicted molar refractivity (Wildman–Crippen MR) is 59.3 cm³/mol. The Morgan fingerprint density at radius 2 is 1.79 bits per heavy atom. The van der Waals surface area contributed by atoms with E-state index in [0.717, 1.165) is 0 Å². The van der Waals surface area contributed by atoms with Gasteiger partial charge in [-0.1, -0.05) is 34.6 Å². The van der Waals surface area contributed by atoms with E-state index in [-0.39, 0.29) is 17.3 Å². The van der Waals surface area contributed by atoms with E-state index >= 15 is 0 Å². The smallest absolute Gasteiger partial charge is 0.141 e. The Balaban J connectivity index is 4.48. The fourth-order valence-corrected chi connectivity index (χ4v) is 1.40. The van der Waals surface area contributed by atoms with Gasteiger partial charge in [-0.25, -0.2) is 0 Å². The summed E-state index contributed by atoms with van der Waals surface area (Å²) in [6.07, 6.45) is 0. The summed E-state index contributed by atoms with van der Waals surface area (Å²) in [6.45, 7) is 13.4. The molecule has 0 bridgehead atoms. The molecule has 0 aromatic heterocycles. The average molecular weight is 200 g/mol. The van der Waals surface area contributed by atoms with Gasteiger partial charge in [0.05, 0.1) is 6.61 Å². The number of hydrogen-bond donors (Lipinski definition) is 0. The average Bonchev–Trinajstić information content (AvgIpc) is 2.02. The number of carbonyl (C=O) groups is 1. The van der Waals surface area contributed by atoms with Crippen LogP contribution in [0.15, 0.2) is 0 Å². The van der Waals surface area contributed by atoms with Gasteiger partial charge in [0.15, 0.2) is 0 Å². The maximum Gasteiger partial charge on any atom is 0.141 e. The molecule has 0 heterocycles. The second-order valence-electron chi connectivity index (χ2n) is 5.14. The fraction of sp³-hybridized carbons (Fsp3) is 0.917. The molecule has 2 nitrogen and oxygen atoms in total. The maximum absolute atomic E-state index is 11.9. The number of rotatable bonds is 5. The second kappa shape index (κ2) is 5.50. The molecule has 2 heteroatoms. The molecule has 0 spiro atoms. The van der Waals surface area contributed by atoms with E-state index in [0.29, 0.717) is 19.0 Å². The summed E-state index contributed by atoms with van der Waals surface area (Å²) in [7, 11) is 0. The molecule has 1 atom stereocenters. The highest BCUT2D eigenvalue weighted by Gasteiger charge is 2.32. The zero-order valence-electron chi connectivity index (χ0n) is 10.4. The minimum absolute atomic E-state index is 0.00345.